The summed E-state index contributed by atoms with van der Waals surface area (Å²) in [6.07, 6.45) is -0.581. The van der Waals surface area contributed by atoms with Crippen LogP contribution in [0.3, 0.4) is 0 Å². The average Bonchev–Trinajstić information content (AvgIpc) is 2.68. The lowest BCUT2D eigenvalue weighted by Crippen LogP contribution is -2.13. The molecular weight excluding hydrogens is 312 g/mol. The van der Waals surface area contributed by atoms with Gasteiger partial charge in [-0.2, -0.15) is 0 Å². The monoisotopic (exact) mass is 332 g/mol. The number of hydrogen-bond donors (Lipinski definition) is 3. The molecule has 1 amide bonds. The SMILES string of the molecule is O=C(Nc1ccccc1)c1ccc(NCC(O)c2ccccc2)cc1. The predicted molar refractivity (Wildman–Crippen MR) is 101 cm³/mol. The molecule has 3 rings (SSSR count). The highest BCUT2D eigenvalue weighted by atomic mass is 16.3. The highest BCUT2D eigenvalue weighted by Gasteiger charge is 2.08. The number of hydrogen-bond acceptors (Lipinski definition) is 3. The van der Waals surface area contributed by atoms with Gasteiger partial charge in [0.2, 0.25) is 0 Å². The normalized spacial score (nSPS) is 11.6. The highest BCUT2D eigenvalue weighted by molar-refractivity contribution is 6.04. The molecule has 1 atom stereocenters. The van der Waals surface area contributed by atoms with Crippen molar-refractivity contribution < 1.29 is 9.90 Å². The van der Waals surface area contributed by atoms with E-state index in [2.05, 4.69) is 10.6 Å². The summed E-state index contributed by atoms with van der Waals surface area (Å²) in [7, 11) is 0. The van der Waals surface area contributed by atoms with Crippen LogP contribution in [0.1, 0.15) is 22.0 Å². The first-order valence-electron chi connectivity index (χ1n) is 8.16. The quantitative estimate of drug-likeness (QED) is 0.637. The van der Waals surface area contributed by atoms with E-state index >= 15 is 0 Å². The van der Waals surface area contributed by atoms with Crippen molar-refractivity contribution in [3.05, 3.63) is 96.1 Å². The van der Waals surface area contributed by atoms with Gasteiger partial charge in [-0.25, -0.2) is 0 Å². The van der Waals surface area contributed by atoms with Gasteiger partial charge < -0.3 is 15.7 Å². The first-order chi connectivity index (χ1) is 12.2. The van der Waals surface area contributed by atoms with Gasteiger partial charge in [0.05, 0.1) is 6.10 Å². The fourth-order valence-corrected chi connectivity index (χ4v) is 2.47. The Labute approximate surface area is 147 Å². The van der Waals surface area contributed by atoms with Crippen LogP contribution in [0.25, 0.3) is 0 Å². The van der Waals surface area contributed by atoms with E-state index in [-0.39, 0.29) is 5.91 Å². The predicted octanol–water partition coefficient (Wildman–Crippen LogP) is 4.08. The third-order valence-corrected chi connectivity index (χ3v) is 3.86. The Balaban J connectivity index is 1.56. The van der Waals surface area contributed by atoms with Crippen LogP contribution in [0.5, 0.6) is 0 Å². The second-order valence-corrected chi connectivity index (χ2v) is 5.70. The summed E-state index contributed by atoms with van der Waals surface area (Å²) in [6, 6.07) is 26.0. The van der Waals surface area contributed by atoms with Crippen LogP contribution in [0.4, 0.5) is 11.4 Å². The molecule has 0 aliphatic rings. The molecule has 1 unspecified atom stereocenters. The second-order valence-electron chi connectivity index (χ2n) is 5.70. The number of nitrogens with one attached hydrogen (secondary N) is 2. The van der Waals surface area contributed by atoms with Crippen molar-refractivity contribution in [2.75, 3.05) is 17.2 Å². The van der Waals surface area contributed by atoms with Crippen molar-refractivity contribution in [1.29, 1.82) is 0 Å². The highest BCUT2D eigenvalue weighted by Crippen LogP contribution is 2.16. The number of aliphatic hydroxyl groups excluding tert-OH is 1. The fourth-order valence-electron chi connectivity index (χ4n) is 2.47. The number of benzene rings is 3. The molecule has 0 saturated carbocycles. The molecule has 0 spiro atoms. The van der Waals surface area contributed by atoms with E-state index in [1.807, 2.05) is 72.8 Å². The average molecular weight is 332 g/mol. The van der Waals surface area contributed by atoms with Crippen LogP contribution in [0, 0.1) is 0 Å². The van der Waals surface area contributed by atoms with Crippen LogP contribution in [-0.4, -0.2) is 17.6 Å². The Kier molecular flexibility index (Phi) is 5.44. The molecule has 0 saturated heterocycles. The second kappa shape index (κ2) is 8.13. The molecule has 3 aromatic carbocycles. The molecule has 0 fully saturated rings. The van der Waals surface area contributed by atoms with Gasteiger partial charge in [-0.1, -0.05) is 48.5 Å². The van der Waals surface area contributed by atoms with E-state index in [4.69, 9.17) is 0 Å². The zero-order valence-electron chi connectivity index (χ0n) is 13.7. The van der Waals surface area contributed by atoms with E-state index in [0.717, 1.165) is 16.9 Å². The van der Waals surface area contributed by atoms with Crippen molar-refractivity contribution in [3.8, 4) is 0 Å². The standard InChI is InChI=1S/C21H20N2O2/c24-20(16-7-3-1-4-8-16)15-22-18-13-11-17(12-14-18)21(25)23-19-9-5-2-6-10-19/h1-14,20,22,24H,15H2,(H,23,25). The van der Waals surface area contributed by atoms with Gasteiger partial charge in [0.25, 0.3) is 5.91 Å². The van der Waals surface area contributed by atoms with Crippen molar-refractivity contribution in [2.45, 2.75) is 6.10 Å². The summed E-state index contributed by atoms with van der Waals surface area (Å²) >= 11 is 0. The number of carbonyl (C=O) groups excluding carboxylic acids is 1. The van der Waals surface area contributed by atoms with E-state index in [1.165, 1.54) is 0 Å². The van der Waals surface area contributed by atoms with Gasteiger partial charge in [-0.05, 0) is 42.0 Å². The molecule has 0 heterocycles. The summed E-state index contributed by atoms with van der Waals surface area (Å²) in [6.45, 7) is 0.402. The maximum Gasteiger partial charge on any atom is 0.255 e. The molecule has 3 aromatic rings. The van der Waals surface area contributed by atoms with Crippen LogP contribution in [0.15, 0.2) is 84.9 Å². The Morgan fingerprint density at radius 3 is 2.04 bits per heavy atom. The molecule has 0 bridgehead atoms. The minimum absolute atomic E-state index is 0.151. The van der Waals surface area contributed by atoms with Crippen LogP contribution in [-0.2, 0) is 0 Å². The van der Waals surface area contributed by atoms with Gasteiger partial charge >= 0.3 is 0 Å². The number of anilines is 2. The fraction of sp³-hybridized carbons (Fsp3) is 0.0952. The zero-order valence-corrected chi connectivity index (χ0v) is 13.7. The Bertz CT molecular complexity index is 802. The van der Waals surface area contributed by atoms with Crippen molar-refractivity contribution in [1.82, 2.24) is 0 Å². The van der Waals surface area contributed by atoms with Crippen molar-refractivity contribution in [3.63, 3.8) is 0 Å². The molecule has 0 radical (unpaired) electrons. The van der Waals surface area contributed by atoms with Crippen molar-refractivity contribution in [2.24, 2.45) is 0 Å². The first-order valence-corrected chi connectivity index (χ1v) is 8.16. The lowest BCUT2D eigenvalue weighted by atomic mass is 10.1. The zero-order chi connectivity index (χ0) is 17.5. The number of rotatable bonds is 6. The van der Waals surface area contributed by atoms with E-state index < -0.39 is 6.10 Å². The van der Waals surface area contributed by atoms with Gasteiger partial charge in [-0.15, -0.1) is 0 Å². The first kappa shape index (κ1) is 16.7. The number of amides is 1. The van der Waals surface area contributed by atoms with Gasteiger partial charge in [0, 0.05) is 23.5 Å². The van der Waals surface area contributed by atoms with Crippen LogP contribution in [0.2, 0.25) is 0 Å². The molecule has 3 N–H and O–H groups in total. The molecule has 0 aromatic heterocycles. The van der Waals surface area contributed by atoms with Gasteiger partial charge in [-0.3, -0.25) is 4.79 Å². The summed E-state index contributed by atoms with van der Waals surface area (Å²) in [5.74, 6) is -0.151. The smallest absolute Gasteiger partial charge is 0.255 e. The Hall–Kier alpha value is -3.11. The maximum absolute atomic E-state index is 12.2. The maximum atomic E-state index is 12.2. The summed E-state index contributed by atoms with van der Waals surface area (Å²) in [4.78, 5) is 12.2. The third-order valence-electron chi connectivity index (χ3n) is 3.86. The number of carbonyl (C=O) groups is 1. The molecule has 126 valence electrons. The summed E-state index contributed by atoms with van der Waals surface area (Å²) < 4.78 is 0. The largest absolute Gasteiger partial charge is 0.387 e. The number of para-hydroxylation sites is 1. The summed E-state index contributed by atoms with van der Waals surface area (Å²) in [5.41, 5.74) is 3.07. The lowest BCUT2D eigenvalue weighted by Gasteiger charge is -2.13. The summed E-state index contributed by atoms with van der Waals surface area (Å²) in [5, 5.41) is 16.2. The topological polar surface area (TPSA) is 61.4 Å². The molecule has 0 aliphatic carbocycles. The van der Waals surface area contributed by atoms with Gasteiger partial charge in [0.15, 0.2) is 0 Å². The van der Waals surface area contributed by atoms with Crippen molar-refractivity contribution >= 4 is 17.3 Å². The molecule has 4 heteroatoms. The van der Waals surface area contributed by atoms with Crippen LogP contribution >= 0.6 is 0 Å². The third kappa shape index (κ3) is 4.68. The van der Waals surface area contributed by atoms with E-state index in [0.29, 0.717) is 12.1 Å². The lowest BCUT2D eigenvalue weighted by molar-refractivity contribution is 0.102. The van der Waals surface area contributed by atoms with Crippen LogP contribution < -0.4 is 10.6 Å². The van der Waals surface area contributed by atoms with E-state index in [1.54, 1.807) is 12.1 Å². The minimum atomic E-state index is -0.581. The Morgan fingerprint density at radius 1 is 0.800 bits per heavy atom. The molecule has 4 nitrogen and oxygen atoms in total. The Morgan fingerprint density at radius 2 is 1.40 bits per heavy atom. The van der Waals surface area contributed by atoms with E-state index in [9.17, 15) is 9.90 Å². The molecule has 0 aliphatic heterocycles. The van der Waals surface area contributed by atoms with Gasteiger partial charge in [0.1, 0.15) is 0 Å². The molecular formula is C21H20N2O2. The molecule has 25 heavy (non-hydrogen) atoms. The number of aliphatic hydroxyl groups is 1. The minimum Gasteiger partial charge on any atom is -0.387 e.